The Morgan fingerprint density at radius 2 is 0.711 bits per heavy atom. The zero-order valence-corrected chi connectivity index (χ0v) is 25.4. The Kier molecular flexibility index (Phi) is 6.11. The quantitative estimate of drug-likeness (QED) is 0.179. The molecule has 0 amide bonds. The second-order valence-corrected chi connectivity index (χ2v) is 12.7. The van der Waals surface area contributed by atoms with Crippen molar-refractivity contribution in [2.45, 2.75) is 0 Å². The van der Waals surface area contributed by atoms with Gasteiger partial charge in [0, 0.05) is 31.3 Å². The first kappa shape index (κ1) is 25.9. The second-order valence-electron chi connectivity index (χ2n) is 11.7. The minimum absolute atomic E-state index is 1.23. The summed E-state index contributed by atoms with van der Waals surface area (Å²) in [6.45, 7) is 0. The van der Waals surface area contributed by atoms with E-state index in [2.05, 4.69) is 170 Å². The van der Waals surface area contributed by atoms with Crippen LogP contribution in [-0.4, -0.2) is 0 Å². The normalized spacial score (nSPS) is 11.6. The topological polar surface area (TPSA) is 0 Å². The average Bonchev–Trinajstić information content (AvgIpc) is 3.50. The summed E-state index contributed by atoms with van der Waals surface area (Å²) in [5.74, 6) is 0. The summed E-state index contributed by atoms with van der Waals surface area (Å²) < 4.78 is 2.65. The second kappa shape index (κ2) is 10.6. The van der Waals surface area contributed by atoms with Gasteiger partial charge >= 0.3 is 0 Å². The predicted molar refractivity (Wildman–Crippen MR) is 196 cm³/mol. The van der Waals surface area contributed by atoms with Crippen LogP contribution in [0.1, 0.15) is 0 Å². The summed E-state index contributed by atoms with van der Waals surface area (Å²) >= 11 is 1.92. The number of hydrogen-bond acceptors (Lipinski definition) is 1. The smallest absolute Gasteiger partial charge is 0.0434 e. The van der Waals surface area contributed by atoms with Crippen molar-refractivity contribution in [3.63, 3.8) is 0 Å². The van der Waals surface area contributed by atoms with Gasteiger partial charge in [0.1, 0.15) is 0 Å². The van der Waals surface area contributed by atoms with Crippen LogP contribution in [0.25, 0.3) is 86.2 Å². The minimum atomic E-state index is 1.23. The number of benzene rings is 8. The molecule has 0 saturated carbocycles. The first-order valence-corrected chi connectivity index (χ1v) is 16.2. The maximum atomic E-state index is 2.41. The van der Waals surface area contributed by atoms with E-state index in [0.717, 1.165) is 0 Å². The third-order valence-corrected chi connectivity index (χ3v) is 10.3. The number of thiophene rings is 1. The molecule has 0 saturated heterocycles. The molecule has 0 bridgehead atoms. The summed E-state index contributed by atoms with van der Waals surface area (Å²) in [5, 5.41) is 7.74. The van der Waals surface area contributed by atoms with Gasteiger partial charge in [0.15, 0.2) is 0 Å². The molecule has 1 heterocycles. The van der Waals surface area contributed by atoms with Gasteiger partial charge < -0.3 is 0 Å². The van der Waals surface area contributed by atoms with E-state index in [1.165, 1.54) is 86.2 Å². The summed E-state index contributed by atoms with van der Waals surface area (Å²) in [6, 6.07) is 62.2. The third kappa shape index (κ3) is 4.44. The average molecular weight is 589 g/mol. The molecule has 1 heteroatoms. The van der Waals surface area contributed by atoms with Gasteiger partial charge in [-0.2, -0.15) is 0 Å². The monoisotopic (exact) mass is 588 g/mol. The molecular formula is C44H28S. The fourth-order valence-electron chi connectivity index (χ4n) is 6.79. The summed E-state index contributed by atoms with van der Waals surface area (Å²) in [6.07, 6.45) is 0. The Labute approximate surface area is 266 Å². The molecule has 0 aliphatic heterocycles. The highest BCUT2D eigenvalue weighted by molar-refractivity contribution is 7.27. The Balaban J connectivity index is 1.39. The van der Waals surface area contributed by atoms with E-state index < -0.39 is 0 Å². The van der Waals surface area contributed by atoms with Crippen LogP contribution in [0.2, 0.25) is 0 Å². The molecule has 9 aromatic rings. The number of hydrogen-bond donors (Lipinski definition) is 0. The van der Waals surface area contributed by atoms with Crippen molar-refractivity contribution in [1.82, 2.24) is 0 Å². The van der Waals surface area contributed by atoms with Gasteiger partial charge in [-0.3, -0.25) is 0 Å². The lowest BCUT2D eigenvalue weighted by molar-refractivity contribution is 1.63. The minimum Gasteiger partial charge on any atom is -0.134 e. The summed E-state index contributed by atoms with van der Waals surface area (Å²) in [4.78, 5) is 0. The van der Waals surface area contributed by atoms with E-state index in [-0.39, 0.29) is 0 Å². The summed E-state index contributed by atoms with van der Waals surface area (Å²) in [5.41, 5.74) is 10.00. The Hall–Kier alpha value is -5.50. The first-order chi connectivity index (χ1) is 22.3. The maximum Gasteiger partial charge on any atom is 0.0434 e. The highest BCUT2D eigenvalue weighted by atomic mass is 32.1. The molecule has 0 spiro atoms. The van der Waals surface area contributed by atoms with Crippen molar-refractivity contribution in [2.24, 2.45) is 0 Å². The van der Waals surface area contributed by atoms with Crippen LogP contribution >= 0.6 is 11.3 Å². The molecule has 0 nitrogen and oxygen atoms in total. The molecule has 8 aromatic carbocycles. The van der Waals surface area contributed by atoms with Crippen LogP contribution in [0.3, 0.4) is 0 Å². The zero-order chi connectivity index (χ0) is 29.7. The zero-order valence-electron chi connectivity index (χ0n) is 24.6. The summed E-state index contributed by atoms with van der Waals surface area (Å²) in [7, 11) is 0. The molecule has 0 atom stereocenters. The van der Waals surface area contributed by atoms with Crippen LogP contribution in [-0.2, 0) is 0 Å². The molecular weight excluding hydrogens is 561 g/mol. The van der Waals surface area contributed by atoms with Crippen LogP contribution in [0.4, 0.5) is 0 Å². The van der Waals surface area contributed by atoms with Gasteiger partial charge in [0.25, 0.3) is 0 Å². The molecule has 45 heavy (non-hydrogen) atoms. The molecule has 0 aliphatic carbocycles. The third-order valence-electron chi connectivity index (χ3n) is 9.03. The number of rotatable bonds is 4. The van der Waals surface area contributed by atoms with Gasteiger partial charge in [-0.05, 0) is 85.3 Å². The Morgan fingerprint density at radius 1 is 0.267 bits per heavy atom. The Morgan fingerprint density at radius 3 is 1.31 bits per heavy atom. The van der Waals surface area contributed by atoms with E-state index in [1.54, 1.807) is 0 Å². The van der Waals surface area contributed by atoms with Crippen LogP contribution in [0.15, 0.2) is 170 Å². The van der Waals surface area contributed by atoms with Crippen molar-refractivity contribution in [3.05, 3.63) is 170 Å². The standard InChI is InChI=1S/C44H28S/c1-4-12-29(13-5-1)35-25-39(31-16-8-3-9-17-31)43-41(27-35)42-28-36(30-14-6-2-7-15-30)26-40(44(42)45-43)34-23-22-33-21-20-32-18-10-11-19-37(32)38(33)24-34/h1-28H. The molecule has 0 N–H and O–H groups in total. The molecule has 0 fully saturated rings. The van der Waals surface area contributed by atoms with Crippen molar-refractivity contribution < 1.29 is 0 Å². The van der Waals surface area contributed by atoms with Crippen LogP contribution in [0, 0.1) is 0 Å². The molecule has 0 radical (unpaired) electrons. The van der Waals surface area contributed by atoms with Gasteiger partial charge in [0.2, 0.25) is 0 Å². The highest BCUT2D eigenvalue weighted by Crippen LogP contribution is 2.47. The molecule has 1 aromatic heterocycles. The lowest BCUT2D eigenvalue weighted by Crippen LogP contribution is -1.85. The lowest BCUT2D eigenvalue weighted by Gasteiger charge is -2.11. The van der Waals surface area contributed by atoms with Crippen LogP contribution in [0.5, 0.6) is 0 Å². The SMILES string of the molecule is c1ccc(-c2cc(-c3ccccc3)c3sc4c(-c5ccc6ccc7ccccc7c6c5)cc(-c5ccccc5)cc4c3c2)cc1. The van der Waals surface area contributed by atoms with Crippen molar-refractivity contribution in [3.8, 4) is 44.5 Å². The van der Waals surface area contributed by atoms with Gasteiger partial charge in [-0.25, -0.2) is 0 Å². The van der Waals surface area contributed by atoms with Gasteiger partial charge in [-0.1, -0.05) is 140 Å². The van der Waals surface area contributed by atoms with E-state index >= 15 is 0 Å². The molecule has 0 unspecified atom stereocenters. The first-order valence-electron chi connectivity index (χ1n) is 15.4. The highest BCUT2D eigenvalue weighted by Gasteiger charge is 2.18. The Bertz CT molecular complexity index is 2510. The van der Waals surface area contributed by atoms with Crippen molar-refractivity contribution in [1.29, 1.82) is 0 Å². The van der Waals surface area contributed by atoms with E-state index in [1.807, 2.05) is 11.3 Å². The van der Waals surface area contributed by atoms with Gasteiger partial charge in [-0.15, -0.1) is 11.3 Å². The maximum absolute atomic E-state index is 2.41. The van der Waals surface area contributed by atoms with Crippen LogP contribution < -0.4 is 0 Å². The van der Waals surface area contributed by atoms with E-state index in [0.29, 0.717) is 0 Å². The lowest BCUT2D eigenvalue weighted by atomic mass is 9.92. The predicted octanol–water partition coefficient (Wildman–Crippen LogP) is 13.0. The molecule has 210 valence electrons. The molecule has 0 aliphatic rings. The fourth-order valence-corrected chi connectivity index (χ4v) is 8.13. The van der Waals surface area contributed by atoms with E-state index in [9.17, 15) is 0 Å². The van der Waals surface area contributed by atoms with Crippen molar-refractivity contribution >= 4 is 53.1 Å². The number of fused-ring (bicyclic) bond motifs is 6. The fraction of sp³-hybridized carbons (Fsp3) is 0. The van der Waals surface area contributed by atoms with E-state index in [4.69, 9.17) is 0 Å². The molecule has 9 rings (SSSR count). The van der Waals surface area contributed by atoms with Crippen molar-refractivity contribution in [2.75, 3.05) is 0 Å². The largest absolute Gasteiger partial charge is 0.134 e. The van der Waals surface area contributed by atoms with Gasteiger partial charge in [0.05, 0.1) is 0 Å².